The topological polar surface area (TPSA) is 59.2 Å². The molecular weight excluding hydrogens is 305 g/mol. The summed E-state index contributed by atoms with van der Waals surface area (Å²) in [4.78, 5) is 18.3. The van der Waals surface area contributed by atoms with E-state index >= 15 is 0 Å². The number of hydrogen-bond acceptors (Lipinski definition) is 4. The Morgan fingerprint density at radius 3 is 2.37 bits per heavy atom. The van der Waals surface area contributed by atoms with Crippen molar-refractivity contribution in [3.63, 3.8) is 0 Å². The molecular formula is C12H23Cl2N3OS. The van der Waals surface area contributed by atoms with E-state index in [-0.39, 0.29) is 30.7 Å². The summed E-state index contributed by atoms with van der Waals surface area (Å²) in [5.41, 5.74) is 5.37. The van der Waals surface area contributed by atoms with Crippen LogP contribution in [0.1, 0.15) is 31.7 Å². The molecule has 1 heterocycles. The molecule has 1 amide bonds. The fraction of sp³-hybridized carbons (Fsp3) is 0.667. The van der Waals surface area contributed by atoms with E-state index in [0.29, 0.717) is 13.1 Å². The van der Waals surface area contributed by atoms with Crippen molar-refractivity contribution in [3.05, 3.63) is 16.6 Å². The van der Waals surface area contributed by atoms with Crippen molar-refractivity contribution in [2.24, 2.45) is 11.1 Å². The summed E-state index contributed by atoms with van der Waals surface area (Å²) in [6.45, 7) is 5.01. The number of carbonyl (C=O) groups is 1. The van der Waals surface area contributed by atoms with Gasteiger partial charge in [0.05, 0.1) is 12.0 Å². The van der Waals surface area contributed by atoms with Crippen molar-refractivity contribution in [2.75, 3.05) is 13.6 Å². The summed E-state index contributed by atoms with van der Waals surface area (Å²) in [6, 6.07) is 0. The van der Waals surface area contributed by atoms with Crippen LogP contribution in [0.2, 0.25) is 0 Å². The van der Waals surface area contributed by atoms with E-state index in [9.17, 15) is 4.79 Å². The van der Waals surface area contributed by atoms with Gasteiger partial charge in [0, 0.05) is 25.2 Å². The second kappa shape index (κ2) is 9.53. The lowest BCUT2D eigenvalue weighted by Crippen LogP contribution is -2.45. The number of nitrogens with two attached hydrogens (primary N) is 1. The van der Waals surface area contributed by atoms with Crippen LogP contribution in [-0.2, 0) is 11.3 Å². The molecule has 112 valence electrons. The van der Waals surface area contributed by atoms with Gasteiger partial charge in [-0.15, -0.1) is 36.2 Å². The lowest BCUT2D eigenvalue weighted by molar-refractivity contribution is -0.141. The third-order valence-corrected chi connectivity index (χ3v) is 4.16. The second-order valence-electron chi connectivity index (χ2n) is 4.28. The Labute approximate surface area is 131 Å². The maximum atomic E-state index is 12.4. The summed E-state index contributed by atoms with van der Waals surface area (Å²) >= 11 is 1.57. The van der Waals surface area contributed by atoms with Crippen molar-refractivity contribution in [2.45, 2.75) is 33.2 Å². The Bertz CT molecular complexity index is 348. The number of carbonyl (C=O) groups excluding carboxylic acids is 1. The molecule has 0 atom stereocenters. The Hall–Kier alpha value is -0.360. The average molecular weight is 328 g/mol. The van der Waals surface area contributed by atoms with E-state index in [4.69, 9.17) is 5.73 Å². The highest BCUT2D eigenvalue weighted by Gasteiger charge is 2.35. The zero-order chi connectivity index (χ0) is 12.9. The van der Waals surface area contributed by atoms with Gasteiger partial charge in [-0.1, -0.05) is 13.8 Å². The number of amides is 1. The molecule has 0 aliphatic carbocycles. The molecule has 0 fully saturated rings. The maximum Gasteiger partial charge on any atom is 0.230 e. The van der Waals surface area contributed by atoms with Gasteiger partial charge in [-0.3, -0.25) is 4.79 Å². The normalized spacial score (nSPS) is 10.3. The van der Waals surface area contributed by atoms with E-state index in [2.05, 4.69) is 4.98 Å². The van der Waals surface area contributed by atoms with Crippen molar-refractivity contribution in [1.29, 1.82) is 0 Å². The van der Waals surface area contributed by atoms with Crippen molar-refractivity contribution in [3.8, 4) is 0 Å². The number of aromatic nitrogens is 1. The van der Waals surface area contributed by atoms with E-state index < -0.39 is 5.41 Å². The smallest absolute Gasteiger partial charge is 0.230 e. The monoisotopic (exact) mass is 327 g/mol. The van der Waals surface area contributed by atoms with Crippen LogP contribution in [0.5, 0.6) is 0 Å². The lowest BCUT2D eigenvalue weighted by Gasteiger charge is -2.32. The first kappa shape index (κ1) is 20.9. The molecule has 0 saturated carbocycles. The van der Waals surface area contributed by atoms with Gasteiger partial charge in [-0.25, -0.2) is 4.98 Å². The van der Waals surface area contributed by atoms with Gasteiger partial charge in [0.15, 0.2) is 0 Å². The summed E-state index contributed by atoms with van der Waals surface area (Å²) in [5.74, 6) is 0.125. The molecule has 0 aromatic carbocycles. The predicted molar refractivity (Wildman–Crippen MR) is 85.2 cm³/mol. The van der Waals surface area contributed by atoms with Crippen LogP contribution in [0, 0.1) is 5.41 Å². The minimum Gasteiger partial charge on any atom is -0.338 e. The molecule has 19 heavy (non-hydrogen) atoms. The van der Waals surface area contributed by atoms with Crippen LogP contribution in [0.3, 0.4) is 0 Å². The van der Waals surface area contributed by atoms with Crippen LogP contribution in [0.25, 0.3) is 0 Å². The summed E-state index contributed by atoms with van der Waals surface area (Å²) < 4.78 is 0. The Balaban J connectivity index is 0. The van der Waals surface area contributed by atoms with Gasteiger partial charge in [-0.05, 0) is 12.8 Å². The molecule has 0 aliphatic rings. The van der Waals surface area contributed by atoms with E-state index in [1.165, 1.54) is 0 Å². The molecule has 4 nitrogen and oxygen atoms in total. The quantitative estimate of drug-likeness (QED) is 0.873. The molecule has 2 N–H and O–H groups in total. The van der Waals surface area contributed by atoms with Crippen molar-refractivity contribution in [1.82, 2.24) is 9.88 Å². The molecule has 1 rings (SSSR count). The third-order valence-electron chi connectivity index (χ3n) is 3.40. The van der Waals surface area contributed by atoms with Crippen molar-refractivity contribution >= 4 is 42.1 Å². The van der Waals surface area contributed by atoms with E-state index in [0.717, 1.165) is 17.8 Å². The van der Waals surface area contributed by atoms with Gasteiger partial charge in [-0.2, -0.15) is 0 Å². The van der Waals surface area contributed by atoms with Gasteiger partial charge in [0.1, 0.15) is 5.01 Å². The van der Waals surface area contributed by atoms with E-state index in [1.54, 1.807) is 22.4 Å². The van der Waals surface area contributed by atoms with Crippen LogP contribution < -0.4 is 5.73 Å². The fourth-order valence-corrected chi connectivity index (χ4v) is 2.61. The maximum absolute atomic E-state index is 12.4. The molecule has 0 aliphatic heterocycles. The summed E-state index contributed by atoms with van der Waals surface area (Å²) in [5, 5.41) is 2.88. The highest BCUT2D eigenvalue weighted by atomic mass is 35.5. The van der Waals surface area contributed by atoms with Crippen LogP contribution in [0.15, 0.2) is 11.6 Å². The molecule has 0 saturated heterocycles. The first-order chi connectivity index (χ1) is 8.09. The minimum absolute atomic E-state index is 0. The number of nitrogens with zero attached hydrogens (tertiary/aromatic N) is 2. The highest BCUT2D eigenvalue weighted by molar-refractivity contribution is 7.09. The molecule has 1 aromatic heterocycles. The largest absolute Gasteiger partial charge is 0.338 e. The van der Waals surface area contributed by atoms with Gasteiger partial charge in [0.25, 0.3) is 0 Å². The minimum atomic E-state index is -0.411. The van der Waals surface area contributed by atoms with Crippen LogP contribution in [-0.4, -0.2) is 29.4 Å². The number of halogens is 2. The Kier molecular flexibility index (Phi) is 10.5. The summed E-state index contributed by atoms with van der Waals surface area (Å²) in [6.07, 6.45) is 3.32. The molecule has 0 unspecified atom stereocenters. The highest BCUT2D eigenvalue weighted by Crippen LogP contribution is 2.27. The zero-order valence-electron chi connectivity index (χ0n) is 11.6. The molecule has 1 aromatic rings. The standard InChI is InChI=1S/C12H21N3OS.2ClH/c1-4-12(5-2,9-13)11(16)15(3)8-10-14-6-7-17-10;;/h6-7H,4-5,8-9,13H2,1-3H3;2*1H. The summed E-state index contributed by atoms with van der Waals surface area (Å²) in [7, 11) is 1.82. The first-order valence-electron chi connectivity index (χ1n) is 5.93. The van der Waals surface area contributed by atoms with Gasteiger partial charge < -0.3 is 10.6 Å². The molecule has 0 radical (unpaired) electrons. The van der Waals surface area contributed by atoms with Crippen LogP contribution >= 0.6 is 36.2 Å². The van der Waals surface area contributed by atoms with Crippen molar-refractivity contribution < 1.29 is 4.79 Å². The molecule has 0 spiro atoms. The number of thiazole rings is 1. The SMILES string of the molecule is CCC(CC)(CN)C(=O)N(C)Cc1nccs1.Cl.Cl. The Morgan fingerprint density at radius 1 is 1.42 bits per heavy atom. The average Bonchev–Trinajstić information content (AvgIpc) is 2.84. The third kappa shape index (κ3) is 4.91. The molecule has 7 heteroatoms. The predicted octanol–water partition coefficient (Wildman–Crippen LogP) is 2.71. The van der Waals surface area contributed by atoms with Gasteiger partial charge in [0.2, 0.25) is 5.91 Å². The van der Waals surface area contributed by atoms with Gasteiger partial charge >= 0.3 is 0 Å². The van der Waals surface area contributed by atoms with Crippen LogP contribution in [0.4, 0.5) is 0 Å². The lowest BCUT2D eigenvalue weighted by atomic mass is 9.81. The second-order valence-corrected chi connectivity index (χ2v) is 5.26. The first-order valence-corrected chi connectivity index (χ1v) is 6.81. The zero-order valence-corrected chi connectivity index (χ0v) is 14.0. The molecule has 0 bridgehead atoms. The fourth-order valence-electron chi connectivity index (χ4n) is 1.94. The Morgan fingerprint density at radius 2 is 2.00 bits per heavy atom. The number of hydrogen-bond donors (Lipinski definition) is 1. The number of rotatable bonds is 6. The van der Waals surface area contributed by atoms with E-state index in [1.807, 2.05) is 26.3 Å².